The number of aliphatic imine (C=N–C) groups is 1. The van der Waals surface area contributed by atoms with Crippen LogP contribution in [-0.2, 0) is 7.05 Å². The predicted molar refractivity (Wildman–Crippen MR) is 115 cm³/mol. The summed E-state index contributed by atoms with van der Waals surface area (Å²) in [5.41, 5.74) is 12.3. The highest BCUT2D eigenvalue weighted by atomic mass is 32.2. The third kappa shape index (κ3) is 7.16. The first-order chi connectivity index (χ1) is 13.4. The maximum Gasteiger partial charge on any atom is 0.248 e. The largest absolute Gasteiger partial charge is 0.366 e. The number of carbonyl (C=O) groups is 1. The Hall–Kier alpha value is -2.65. The average molecular weight is 404 g/mol. The van der Waals surface area contributed by atoms with Crippen molar-refractivity contribution in [1.82, 2.24) is 20.4 Å². The van der Waals surface area contributed by atoms with E-state index in [1.165, 1.54) is 18.2 Å². The highest BCUT2D eigenvalue weighted by molar-refractivity contribution is 7.99. The van der Waals surface area contributed by atoms with Gasteiger partial charge in [0.2, 0.25) is 11.9 Å². The zero-order valence-electron chi connectivity index (χ0n) is 17.3. The fraction of sp³-hybridized carbons (Fsp3) is 0.368. The number of hydrogen-bond acceptors (Lipinski definition) is 6. The van der Waals surface area contributed by atoms with Gasteiger partial charge in [0.1, 0.15) is 16.3 Å². The quantitative estimate of drug-likeness (QED) is 0.307. The third-order valence-electron chi connectivity index (χ3n) is 3.25. The van der Waals surface area contributed by atoms with E-state index < -0.39 is 5.91 Å². The molecule has 9 heteroatoms. The van der Waals surface area contributed by atoms with Crippen LogP contribution in [0.2, 0.25) is 0 Å². The van der Waals surface area contributed by atoms with Gasteiger partial charge in [-0.25, -0.2) is 10.4 Å². The van der Waals surface area contributed by atoms with Crippen LogP contribution in [0.15, 0.2) is 50.2 Å². The number of amidine groups is 1. The fourth-order valence-electron chi connectivity index (χ4n) is 2.07. The lowest BCUT2D eigenvalue weighted by atomic mass is 10.2. The molecular weight excluding hydrogens is 374 g/mol. The summed E-state index contributed by atoms with van der Waals surface area (Å²) in [7, 11) is 5.32. The number of amides is 1. The van der Waals surface area contributed by atoms with Crippen molar-refractivity contribution >= 4 is 29.5 Å². The molecule has 28 heavy (non-hydrogen) atoms. The average Bonchev–Trinajstić information content (AvgIpc) is 2.65. The molecule has 2 rings (SSSR count). The topological polar surface area (TPSA) is 110 Å². The normalized spacial score (nSPS) is 11.6. The fourth-order valence-corrected chi connectivity index (χ4v) is 2.94. The number of primary amides is 1. The molecule has 0 aliphatic rings. The van der Waals surface area contributed by atoms with Crippen LogP contribution in [0.1, 0.15) is 37.6 Å². The zero-order valence-corrected chi connectivity index (χ0v) is 18.1. The van der Waals surface area contributed by atoms with Gasteiger partial charge in [0, 0.05) is 37.7 Å². The standard InChI is InChI=1S/C16H21N7OS.C3H8/c1-10(22-19-3)20-16-21-14(9-13(18-2)23(16)4)25-12-7-5-6-11(8-12)15(17)24;1-3-2/h5-9,19H,1-4H3,(H2,17,24)(H,20,21,22);3H2,1-2H3. The SMILES string of the molecule is CCC.CN=c1cc(Sc2cccc(C(N)=O)c2)nc(/N=C(\C)NNC)n1C. The summed E-state index contributed by atoms with van der Waals surface area (Å²) in [5.74, 6) is 0.723. The summed E-state index contributed by atoms with van der Waals surface area (Å²) in [6, 6.07) is 8.96. The van der Waals surface area contributed by atoms with E-state index in [1.54, 1.807) is 36.9 Å². The number of nitrogens with zero attached hydrogens (tertiary/aromatic N) is 4. The second-order valence-corrected chi connectivity index (χ2v) is 6.90. The van der Waals surface area contributed by atoms with Gasteiger partial charge in [-0.15, -0.1) is 0 Å². The highest BCUT2D eigenvalue weighted by Crippen LogP contribution is 2.27. The maximum absolute atomic E-state index is 11.3. The Labute approximate surface area is 170 Å². The van der Waals surface area contributed by atoms with Crippen LogP contribution in [0, 0.1) is 0 Å². The molecule has 0 saturated carbocycles. The van der Waals surface area contributed by atoms with E-state index in [2.05, 4.69) is 39.7 Å². The Morgan fingerprint density at radius 3 is 2.57 bits per heavy atom. The Kier molecular flexibility index (Phi) is 9.97. The minimum absolute atomic E-state index is 0.458. The number of aromatic nitrogens is 2. The summed E-state index contributed by atoms with van der Waals surface area (Å²) >= 11 is 1.41. The molecule has 0 radical (unpaired) electrons. The monoisotopic (exact) mass is 403 g/mol. The molecule has 8 nitrogen and oxygen atoms in total. The first kappa shape index (κ1) is 23.4. The van der Waals surface area contributed by atoms with Crippen molar-refractivity contribution in [2.24, 2.45) is 22.8 Å². The minimum atomic E-state index is -0.460. The summed E-state index contributed by atoms with van der Waals surface area (Å²) in [5, 5.41) is 0.719. The lowest BCUT2D eigenvalue weighted by molar-refractivity contribution is 0.1000. The van der Waals surface area contributed by atoms with Crippen molar-refractivity contribution in [3.05, 3.63) is 41.4 Å². The van der Waals surface area contributed by atoms with Crippen LogP contribution in [0.25, 0.3) is 0 Å². The third-order valence-corrected chi connectivity index (χ3v) is 4.16. The summed E-state index contributed by atoms with van der Waals surface area (Å²) in [4.78, 5) is 25.5. The van der Waals surface area contributed by atoms with Crippen LogP contribution in [0.4, 0.5) is 5.95 Å². The number of hydrogen-bond donors (Lipinski definition) is 3. The molecule has 152 valence electrons. The molecule has 0 unspecified atom stereocenters. The molecular formula is C19H29N7OS. The van der Waals surface area contributed by atoms with Gasteiger partial charge in [-0.3, -0.25) is 14.4 Å². The molecule has 2 aromatic rings. The van der Waals surface area contributed by atoms with Gasteiger partial charge in [-0.2, -0.15) is 4.99 Å². The van der Waals surface area contributed by atoms with E-state index in [9.17, 15) is 4.79 Å². The molecule has 0 aliphatic carbocycles. The van der Waals surface area contributed by atoms with Gasteiger partial charge >= 0.3 is 0 Å². The second kappa shape index (κ2) is 11.9. The summed E-state index contributed by atoms with van der Waals surface area (Å²) in [6.07, 6.45) is 1.25. The van der Waals surface area contributed by atoms with Crippen molar-refractivity contribution in [2.75, 3.05) is 14.1 Å². The van der Waals surface area contributed by atoms with E-state index in [0.29, 0.717) is 17.3 Å². The molecule has 0 atom stereocenters. The Morgan fingerprint density at radius 1 is 1.32 bits per heavy atom. The second-order valence-electron chi connectivity index (χ2n) is 5.81. The van der Waals surface area contributed by atoms with E-state index in [-0.39, 0.29) is 0 Å². The Morgan fingerprint density at radius 2 is 2.00 bits per heavy atom. The van der Waals surface area contributed by atoms with Gasteiger partial charge in [-0.05, 0) is 25.1 Å². The van der Waals surface area contributed by atoms with Crippen LogP contribution in [-0.4, -0.2) is 35.4 Å². The van der Waals surface area contributed by atoms with E-state index in [4.69, 9.17) is 5.73 Å². The molecule has 0 saturated heterocycles. The lowest BCUT2D eigenvalue weighted by Crippen LogP contribution is -2.32. The van der Waals surface area contributed by atoms with Crippen molar-refractivity contribution in [1.29, 1.82) is 0 Å². The molecule has 0 spiro atoms. The van der Waals surface area contributed by atoms with Gasteiger partial charge in [0.15, 0.2) is 0 Å². The van der Waals surface area contributed by atoms with Gasteiger partial charge < -0.3 is 11.2 Å². The van der Waals surface area contributed by atoms with Crippen LogP contribution >= 0.6 is 11.8 Å². The summed E-state index contributed by atoms with van der Waals surface area (Å²) < 4.78 is 1.80. The van der Waals surface area contributed by atoms with Crippen LogP contribution < -0.4 is 22.1 Å². The zero-order chi connectivity index (χ0) is 21.1. The number of nitrogens with one attached hydrogen (secondary N) is 2. The number of nitrogens with two attached hydrogens (primary N) is 1. The number of benzene rings is 1. The number of carbonyl (C=O) groups excluding carboxylic acids is 1. The van der Waals surface area contributed by atoms with E-state index in [1.807, 2.05) is 26.1 Å². The van der Waals surface area contributed by atoms with Crippen molar-refractivity contribution in [2.45, 2.75) is 37.1 Å². The maximum atomic E-state index is 11.3. The predicted octanol–water partition coefficient (Wildman–Crippen LogP) is 2.39. The molecule has 1 heterocycles. The molecule has 0 aliphatic heterocycles. The lowest BCUT2D eigenvalue weighted by Gasteiger charge is -2.09. The molecule has 0 fully saturated rings. The molecule has 1 amide bonds. The molecule has 0 bridgehead atoms. The molecule has 1 aromatic carbocycles. The number of rotatable bonds is 5. The van der Waals surface area contributed by atoms with E-state index in [0.717, 1.165) is 15.4 Å². The first-order valence-electron chi connectivity index (χ1n) is 8.92. The molecule has 1 aromatic heterocycles. The van der Waals surface area contributed by atoms with Crippen molar-refractivity contribution < 1.29 is 4.79 Å². The first-order valence-corrected chi connectivity index (χ1v) is 9.74. The minimum Gasteiger partial charge on any atom is -0.366 e. The Bertz CT molecular complexity index is 890. The van der Waals surface area contributed by atoms with Gasteiger partial charge in [0.05, 0.1) is 0 Å². The van der Waals surface area contributed by atoms with Crippen LogP contribution in [0.3, 0.4) is 0 Å². The van der Waals surface area contributed by atoms with Crippen molar-refractivity contribution in [3.8, 4) is 0 Å². The number of hydrazine groups is 1. The smallest absolute Gasteiger partial charge is 0.248 e. The van der Waals surface area contributed by atoms with Crippen LogP contribution in [0.5, 0.6) is 0 Å². The Balaban J connectivity index is 0.00000122. The van der Waals surface area contributed by atoms with E-state index >= 15 is 0 Å². The summed E-state index contributed by atoms with van der Waals surface area (Å²) in [6.45, 7) is 6.08. The van der Waals surface area contributed by atoms with Gasteiger partial charge in [-0.1, -0.05) is 38.1 Å². The highest BCUT2D eigenvalue weighted by Gasteiger charge is 2.08. The molecule has 4 N–H and O–H groups in total. The van der Waals surface area contributed by atoms with Crippen molar-refractivity contribution in [3.63, 3.8) is 0 Å². The van der Waals surface area contributed by atoms with Gasteiger partial charge in [0.25, 0.3) is 0 Å².